The fourth-order valence-corrected chi connectivity index (χ4v) is 4.55. The Kier molecular flexibility index (Phi) is 5.39. The molecule has 1 aliphatic heterocycles. The van der Waals surface area contributed by atoms with Crippen LogP contribution in [0.3, 0.4) is 0 Å². The fourth-order valence-electron chi connectivity index (χ4n) is 4.55. The van der Waals surface area contributed by atoms with Crippen molar-refractivity contribution in [2.45, 2.75) is 38.8 Å². The van der Waals surface area contributed by atoms with Gasteiger partial charge < -0.3 is 15.0 Å². The number of aromatic nitrogens is 1. The smallest absolute Gasteiger partial charge is 0.328 e. The van der Waals surface area contributed by atoms with E-state index in [0.717, 1.165) is 40.4 Å². The number of H-pyrrole nitrogens is 1. The molecule has 0 radical (unpaired) electrons. The summed E-state index contributed by atoms with van der Waals surface area (Å²) in [6.07, 6.45) is 3.42. The topological polar surface area (TPSA) is 56.3 Å². The van der Waals surface area contributed by atoms with E-state index in [9.17, 15) is 4.79 Å². The maximum Gasteiger partial charge on any atom is 0.328 e. The molecule has 0 amide bonds. The Bertz CT molecular complexity index is 1190. The lowest BCUT2D eigenvalue weighted by Crippen LogP contribution is -2.42. The van der Waals surface area contributed by atoms with Crippen molar-refractivity contribution in [2.75, 3.05) is 0 Å². The van der Waals surface area contributed by atoms with Crippen LogP contribution in [0.4, 0.5) is 8.78 Å². The van der Waals surface area contributed by atoms with Crippen LogP contribution in [0.2, 0.25) is 0 Å². The molecule has 0 fully saturated rings. The summed E-state index contributed by atoms with van der Waals surface area (Å²) in [6.45, 7) is 8.18. The number of allylic oxidation sites excluding steroid dienone is 1. The summed E-state index contributed by atoms with van der Waals surface area (Å²) in [5, 5.41) is 9.86. The summed E-state index contributed by atoms with van der Waals surface area (Å²) in [7, 11) is 0. The first kappa shape index (κ1) is 20.8. The molecule has 6 heteroatoms. The van der Waals surface area contributed by atoms with Crippen LogP contribution in [0.5, 0.6) is 0 Å². The van der Waals surface area contributed by atoms with Gasteiger partial charge in [0.1, 0.15) is 17.7 Å². The number of aromatic amines is 1. The van der Waals surface area contributed by atoms with E-state index in [0.29, 0.717) is 6.42 Å². The molecule has 0 bridgehead atoms. The van der Waals surface area contributed by atoms with Crippen molar-refractivity contribution in [3.05, 3.63) is 88.8 Å². The van der Waals surface area contributed by atoms with Crippen LogP contribution in [-0.2, 0) is 11.2 Å². The summed E-state index contributed by atoms with van der Waals surface area (Å²) in [6, 6.07) is 9.50. The molecular formula is C25H24F2N2O2. The zero-order chi connectivity index (χ0) is 22.3. The Hall–Kier alpha value is -3.41. The molecule has 2 atom stereocenters. The minimum absolute atomic E-state index is 0.00506. The molecule has 3 aromatic rings. The van der Waals surface area contributed by atoms with Crippen LogP contribution in [0.1, 0.15) is 48.7 Å². The lowest BCUT2D eigenvalue weighted by Gasteiger charge is -2.43. The monoisotopic (exact) mass is 422 g/mol. The Morgan fingerprint density at radius 3 is 2.61 bits per heavy atom. The van der Waals surface area contributed by atoms with Crippen molar-refractivity contribution < 1.29 is 18.7 Å². The van der Waals surface area contributed by atoms with Gasteiger partial charge in [0.05, 0.1) is 5.56 Å². The molecule has 0 saturated heterocycles. The van der Waals surface area contributed by atoms with E-state index in [4.69, 9.17) is 5.11 Å². The number of nitrogens with one attached hydrogen (secondary N) is 1. The number of hydrogen-bond donors (Lipinski definition) is 2. The van der Waals surface area contributed by atoms with Crippen molar-refractivity contribution in [3.8, 4) is 0 Å². The summed E-state index contributed by atoms with van der Waals surface area (Å²) >= 11 is 0. The molecule has 4 rings (SSSR count). The first-order valence-corrected chi connectivity index (χ1v) is 10.3. The molecule has 2 aromatic carbocycles. The van der Waals surface area contributed by atoms with Gasteiger partial charge in [0.25, 0.3) is 0 Å². The Morgan fingerprint density at radius 1 is 1.29 bits per heavy atom. The molecule has 0 saturated carbocycles. The normalized spacial score (nSPS) is 18.5. The SMILES string of the molecule is C=C(CC)N1[C@H](c2c(F)cc(/C=C/C(=O)O)cc2F)c2[nH]c3ccccc3c2C[C@H]1C. The van der Waals surface area contributed by atoms with Crippen LogP contribution in [-0.4, -0.2) is 27.0 Å². The minimum Gasteiger partial charge on any atom is -0.478 e. The van der Waals surface area contributed by atoms with Crippen LogP contribution in [0.15, 0.2) is 54.8 Å². The highest BCUT2D eigenvalue weighted by atomic mass is 19.1. The van der Waals surface area contributed by atoms with Crippen molar-refractivity contribution in [1.29, 1.82) is 0 Å². The zero-order valence-corrected chi connectivity index (χ0v) is 17.5. The molecule has 31 heavy (non-hydrogen) atoms. The Balaban J connectivity index is 1.94. The summed E-state index contributed by atoms with van der Waals surface area (Å²) in [5.74, 6) is -2.62. The number of rotatable bonds is 5. The van der Waals surface area contributed by atoms with Gasteiger partial charge in [-0.3, -0.25) is 0 Å². The maximum atomic E-state index is 15.3. The van der Waals surface area contributed by atoms with E-state index < -0.39 is 23.6 Å². The van der Waals surface area contributed by atoms with Gasteiger partial charge in [-0.2, -0.15) is 0 Å². The van der Waals surface area contributed by atoms with Gasteiger partial charge in [-0.1, -0.05) is 31.7 Å². The summed E-state index contributed by atoms with van der Waals surface area (Å²) in [4.78, 5) is 16.2. The molecule has 4 nitrogen and oxygen atoms in total. The van der Waals surface area contributed by atoms with Crippen molar-refractivity contribution in [3.63, 3.8) is 0 Å². The number of carboxylic acid groups (broad SMARTS) is 1. The molecule has 2 heterocycles. The van der Waals surface area contributed by atoms with Crippen molar-refractivity contribution >= 4 is 22.9 Å². The lowest BCUT2D eigenvalue weighted by molar-refractivity contribution is -0.131. The summed E-state index contributed by atoms with van der Waals surface area (Å²) < 4.78 is 30.7. The maximum absolute atomic E-state index is 15.3. The fraction of sp³-hybridized carbons (Fsp3) is 0.240. The van der Waals surface area contributed by atoms with Crippen LogP contribution in [0, 0.1) is 11.6 Å². The number of nitrogens with zero attached hydrogens (tertiary/aromatic N) is 1. The van der Waals surface area contributed by atoms with Crippen LogP contribution in [0.25, 0.3) is 17.0 Å². The lowest BCUT2D eigenvalue weighted by atomic mass is 9.87. The zero-order valence-electron chi connectivity index (χ0n) is 17.5. The average Bonchev–Trinajstić information content (AvgIpc) is 3.09. The second kappa shape index (κ2) is 8.02. The molecule has 0 spiro atoms. The van der Waals surface area contributed by atoms with Gasteiger partial charge in [-0.15, -0.1) is 0 Å². The molecule has 1 aliphatic rings. The third-order valence-electron chi connectivity index (χ3n) is 5.94. The number of fused-ring (bicyclic) bond motifs is 3. The third kappa shape index (κ3) is 3.63. The Morgan fingerprint density at radius 2 is 1.97 bits per heavy atom. The van der Waals surface area contributed by atoms with Gasteiger partial charge in [0.15, 0.2) is 0 Å². The molecule has 160 valence electrons. The van der Waals surface area contributed by atoms with Gasteiger partial charge in [-0.05, 0) is 55.2 Å². The van der Waals surface area contributed by atoms with Gasteiger partial charge in [0, 0.05) is 34.4 Å². The molecule has 0 aliphatic carbocycles. The first-order chi connectivity index (χ1) is 14.8. The van der Waals surface area contributed by atoms with Gasteiger partial charge in [0.2, 0.25) is 0 Å². The number of hydrogen-bond acceptors (Lipinski definition) is 2. The van der Waals surface area contributed by atoms with E-state index in [2.05, 4.69) is 11.6 Å². The third-order valence-corrected chi connectivity index (χ3v) is 5.94. The van der Waals surface area contributed by atoms with Crippen LogP contribution >= 0.6 is 0 Å². The number of carboxylic acids is 1. The number of aliphatic carboxylic acids is 1. The number of benzene rings is 2. The van der Waals surface area contributed by atoms with E-state index in [1.54, 1.807) is 0 Å². The van der Waals surface area contributed by atoms with E-state index in [1.165, 1.54) is 18.2 Å². The standard InChI is InChI=1S/C25H24F2N2O2/c1-4-14(2)29-15(3)11-18-17-7-5-6-8-21(17)28-24(18)25(29)23-19(26)12-16(13-20(23)27)9-10-22(30)31/h5-10,12-13,15,25,28H,2,4,11H2,1,3H3,(H,30,31)/b10-9+/t15-,25-/m1/s1. The van der Waals surface area contributed by atoms with Crippen molar-refractivity contribution in [1.82, 2.24) is 9.88 Å². The molecule has 0 unspecified atom stereocenters. The van der Waals surface area contributed by atoms with Gasteiger partial charge >= 0.3 is 5.97 Å². The second-order valence-corrected chi connectivity index (χ2v) is 7.92. The van der Waals surface area contributed by atoms with Gasteiger partial charge in [-0.25, -0.2) is 13.6 Å². The van der Waals surface area contributed by atoms with E-state index >= 15 is 8.78 Å². The largest absolute Gasteiger partial charge is 0.478 e. The quantitative estimate of drug-likeness (QED) is 0.511. The Labute approximate surface area is 179 Å². The molecular weight excluding hydrogens is 398 g/mol. The number of halogens is 2. The van der Waals surface area contributed by atoms with Crippen LogP contribution < -0.4 is 0 Å². The second-order valence-electron chi connectivity index (χ2n) is 7.92. The van der Waals surface area contributed by atoms with E-state index in [-0.39, 0.29) is 17.2 Å². The number of para-hydroxylation sites is 1. The minimum atomic E-state index is -1.18. The highest BCUT2D eigenvalue weighted by Gasteiger charge is 2.38. The highest BCUT2D eigenvalue weighted by molar-refractivity contribution is 5.86. The van der Waals surface area contributed by atoms with E-state index in [1.807, 2.05) is 43.0 Å². The molecule has 2 N–H and O–H groups in total. The predicted molar refractivity (Wildman–Crippen MR) is 118 cm³/mol. The molecule has 1 aromatic heterocycles. The highest BCUT2D eigenvalue weighted by Crippen LogP contribution is 2.44. The average molecular weight is 422 g/mol. The number of carbonyl (C=O) groups is 1. The predicted octanol–water partition coefficient (Wildman–Crippen LogP) is 5.80. The first-order valence-electron chi connectivity index (χ1n) is 10.3. The summed E-state index contributed by atoms with van der Waals surface area (Å²) in [5.41, 5.74) is 3.64. The van der Waals surface area contributed by atoms with Crippen molar-refractivity contribution in [2.24, 2.45) is 0 Å².